The number of carbonyl (C=O) groups excluding carboxylic acids is 2. The third-order valence-corrected chi connectivity index (χ3v) is 3.20. The molecule has 0 aliphatic rings. The Kier molecular flexibility index (Phi) is 7.59. The molecule has 0 aliphatic heterocycles. The summed E-state index contributed by atoms with van der Waals surface area (Å²) in [4.78, 5) is 23.0. The number of rotatable bonds is 7. The highest BCUT2D eigenvalue weighted by atomic mass is 16.2. The zero-order valence-corrected chi connectivity index (χ0v) is 12.1. The molecule has 1 unspecified atom stereocenters. The van der Waals surface area contributed by atoms with Gasteiger partial charge in [-0.25, -0.2) is 0 Å². The van der Waals surface area contributed by atoms with Crippen molar-refractivity contribution in [3.05, 3.63) is 0 Å². The fourth-order valence-corrected chi connectivity index (χ4v) is 1.16. The Morgan fingerprint density at radius 1 is 1.00 bits per heavy atom. The molecular weight excluding hydrogens is 230 g/mol. The van der Waals surface area contributed by atoms with Crippen LogP contribution in [-0.2, 0) is 9.59 Å². The van der Waals surface area contributed by atoms with Gasteiger partial charge in [-0.15, -0.1) is 0 Å². The molecule has 0 aliphatic carbocycles. The van der Waals surface area contributed by atoms with E-state index in [9.17, 15) is 9.59 Å². The van der Waals surface area contributed by atoms with E-state index >= 15 is 0 Å². The van der Waals surface area contributed by atoms with E-state index in [0.717, 1.165) is 0 Å². The van der Waals surface area contributed by atoms with Crippen molar-refractivity contribution in [3.63, 3.8) is 0 Å². The molecule has 0 aromatic heterocycles. The number of hydrogen-bond acceptors (Lipinski definition) is 3. The van der Waals surface area contributed by atoms with Crippen LogP contribution in [-0.4, -0.2) is 30.9 Å². The number of amides is 2. The molecular formula is C13H27N3O2. The van der Waals surface area contributed by atoms with Gasteiger partial charge in [0.05, 0.1) is 12.6 Å². The second-order valence-corrected chi connectivity index (χ2v) is 5.51. The lowest BCUT2D eigenvalue weighted by molar-refractivity contribution is -0.127. The van der Waals surface area contributed by atoms with Crippen molar-refractivity contribution >= 4 is 11.8 Å². The fraction of sp³-hybridized carbons (Fsp3) is 0.846. The van der Waals surface area contributed by atoms with Crippen LogP contribution in [0.3, 0.4) is 0 Å². The maximum Gasteiger partial charge on any atom is 0.239 e. The highest BCUT2D eigenvalue weighted by Crippen LogP contribution is 2.07. The zero-order valence-electron chi connectivity index (χ0n) is 12.1. The summed E-state index contributed by atoms with van der Waals surface area (Å²) in [6.07, 6.45) is 0. The average molecular weight is 257 g/mol. The minimum Gasteiger partial charge on any atom is -0.354 e. The van der Waals surface area contributed by atoms with Gasteiger partial charge in [0.2, 0.25) is 11.8 Å². The van der Waals surface area contributed by atoms with Gasteiger partial charge in [0.15, 0.2) is 0 Å². The summed E-state index contributed by atoms with van der Waals surface area (Å²) in [5, 5.41) is 5.33. The van der Waals surface area contributed by atoms with Crippen LogP contribution in [0.1, 0.15) is 34.6 Å². The van der Waals surface area contributed by atoms with E-state index in [4.69, 9.17) is 5.73 Å². The molecule has 0 aromatic rings. The van der Waals surface area contributed by atoms with Crippen molar-refractivity contribution in [2.24, 2.45) is 23.5 Å². The van der Waals surface area contributed by atoms with E-state index in [-0.39, 0.29) is 24.3 Å². The summed E-state index contributed by atoms with van der Waals surface area (Å²) in [6.45, 7) is 10.7. The quantitative estimate of drug-likeness (QED) is 0.621. The predicted molar refractivity (Wildman–Crippen MR) is 72.8 cm³/mol. The Bertz CT molecular complexity index is 277. The molecule has 0 bridgehead atoms. The Balaban J connectivity index is 3.87. The molecule has 0 saturated heterocycles. The molecule has 18 heavy (non-hydrogen) atoms. The summed E-state index contributed by atoms with van der Waals surface area (Å²) in [6, 6.07) is -0.563. The Hall–Kier alpha value is -1.10. The van der Waals surface area contributed by atoms with Gasteiger partial charge in [0.1, 0.15) is 0 Å². The van der Waals surface area contributed by atoms with Crippen LogP contribution in [0.4, 0.5) is 0 Å². The van der Waals surface area contributed by atoms with E-state index in [0.29, 0.717) is 18.4 Å². The lowest BCUT2D eigenvalue weighted by Crippen LogP contribution is -2.47. The first-order valence-electron chi connectivity index (χ1n) is 6.55. The van der Waals surface area contributed by atoms with Crippen LogP contribution in [0.15, 0.2) is 0 Å². The van der Waals surface area contributed by atoms with Gasteiger partial charge < -0.3 is 16.4 Å². The van der Waals surface area contributed by atoms with Gasteiger partial charge in [0, 0.05) is 6.54 Å². The maximum absolute atomic E-state index is 11.5. The van der Waals surface area contributed by atoms with Gasteiger partial charge in [-0.2, -0.15) is 0 Å². The molecule has 0 aromatic carbocycles. The molecule has 5 nitrogen and oxygen atoms in total. The molecule has 0 fully saturated rings. The molecule has 2 atom stereocenters. The Labute approximate surface area is 110 Å². The molecule has 106 valence electrons. The van der Waals surface area contributed by atoms with Crippen LogP contribution in [0, 0.1) is 17.8 Å². The Morgan fingerprint density at radius 3 is 2.00 bits per heavy atom. The maximum atomic E-state index is 11.5. The van der Waals surface area contributed by atoms with Crippen LogP contribution >= 0.6 is 0 Å². The SMILES string of the molecule is CC(C)C(C)CNC(=O)CNC(=O)[C@@H](N)C(C)C. The standard InChI is InChI=1S/C13H27N3O2/c1-8(2)10(5)6-15-11(17)7-16-13(18)12(14)9(3)4/h8-10,12H,6-7,14H2,1-5H3,(H,15,17)(H,16,18)/t10?,12-/m0/s1. The topological polar surface area (TPSA) is 84.2 Å². The van der Waals surface area contributed by atoms with Gasteiger partial charge in [-0.1, -0.05) is 34.6 Å². The van der Waals surface area contributed by atoms with Crippen LogP contribution in [0.25, 0.3) is 0 Å². The second-order valence-electron chi connectivity index (χ2n) is 5.51. The third-order valence-electron chi connectivity index (χ3n) is 3.20. The van der Waals surface area contributed by atoms with E-state index < -0.39 is 6.04 Å². The summed E-state index contributed by atoms with van der Waals surface area (Å²) < 4.78 is 0. The van der Waals surface area contributed by atoms with E-state index in [1.54, 1.807) is 0 Å². The average Bonchev–Trinajstić information content (AvgIpc) is 2.31. The fourth-order valence-electron chi connectivity index (χ4n) is 1.16. The van der Waals surface area contributed by atoms with Crippen molar-refractivity contribution in [2.75, 3.05) is 13.1 Å². The highest BCUT2D eigenvalue weighted by Gasteiger charge is 2.17. The van der Waals surface area contributed by atoms with Crippen molar-refractivity contribution in [3.8, 4) is 0 Å². The van der Waals surface area contributed by atoms with Crippen molar-refractivity contribution in [1.29, 1.82) is 0 Å². The first-order valence-corrected chi connectivity index (χ1v) is 6.55. The normalized spacial score (nSPS) is 14.4. The van der Waals surface area contributed by atoms with Gasteiger partial charge in [-0.05, 0) is 17.8 Å². The Morgan fingerprint density at radius 2 is 1.56 bits per heavy atom. The van der Waals surface area contributed by atoms with Crippen molar-refractivity contribution in [1.82, 2.24) is 10.6 Å². The van der Waals surface area contributed by atoms with Crippen molar-refractivity contribution < 1.29 is 9.59 Å². The lowest BCUT2D eigenvalue weighted by atomic mass is 9.98. The van der Waals surface area contributed by atoms with Crippen LogP contribution < -0.4 is 16.4 Å². The molecule has 5 heteroatoms. The van der Waals surface area contributed by atoms with E-state index in [1.807, 2.05) is 13.8 Å². The molecule has 4 N–H and O–H groups in total. The van der Waals surface area contributed by atoms with Crippen molar-refractivity contribution in [2.45, 2.75) is 40.7 Å². The van der Waals surface area contributed by atoms with Gasteiger partial charge >= 0.3 is 0 Å². The van der Waals surface area contributed by atoms with E-state index in [1.165, 1.54) is 0 Å². The first kappa shape index (κ1) is 16.9. The number of nitrogens with one attached hydrogen (secondary N) is 2. The number of hydrogen-bond donors (Lipinski definition) is 3. The smallest absolute Gasteiger partial charge is 0.239 e. The molecule has 2 amide bonds. The zero-order chi connectivity index (χ0) is 14.3. The molecule has 0 spiro atoms. The summed E-state index contributed by atoms with van der Waals surface area (Å²) in [5.41, 5.74) is 5.66. The van der Waals surface area contributed by atoms with Crippen LogP contribution in [0.2, 0.25) is 0 Å². The molecule has 0 saturated carbocycles. The summed E-state index contributed by atoms with van der Waals surface area (Å²) >= 11 is 0. The largest absolute Gasteiger partial charge is 0.354 e. The highest BCUT2D eigenvalue weighted by molar-refractivity contribution is 5.87. The summed E-state index contributed by atoms with van der Waals surface area (Å²) in [7, 11) is 0. The third kappa shape index (κ3) is 6.59. The molecule has 0 rings (SSSR count). The second kappa shape index (κ2) is 8.08. The predicted octanol–water partition coefficient (Wildman–Crippen LogP) is 0.494. The summed E-state index contributed by atoms with van der Waals surface area (Å²) in [5.74, 6) is 0.551. The van der Waals surface area contributed by atoms with Crippen LogP contribution in [0.5, 0.6) is 0 Å². The van der Waals surface area contributed by atoms with Gasteiger partial charge in [-0.3, -0.25) is 9.59 Å². The monoisotopic (exact) mass is 257 g/mol. The lowest BCUT2D eigenvalue weighted by Gasteiger charge is -2.17. The molecule has 0 heterocycles. The van der Waals surface area contributed by atoms with Gasteiger partial charge in [0.25, 0.3) is 0 Å². The number of carbonyl (C=O) groups is 2. The molecule has 0 radical (unpaired) electrons. The minimum absolute atomic E-state index is 0.00985. The number of nitrogens with two attached hydrogens (primary N) is 1. The minimum atomic E-state index is -0.563. The first-order chi connectivity index (χ1) is 8.25. The van der Waals surface area contributed by atoms with E-state index in [2.05, 4.69) is 31.4 Å².